The molecule has 0 heterocycles. The maximum absolute atomic E-state index is 12.2. The number of benzene rings is 2. The summed E-state index contributed by atoms with van der Waals surface area (Å²) in [6, 6.07) is 11.3. The summed E-state index contributed by atoms with van der Waals surface area (Å²) in [7, 11) is 4.79. The topological polar surface area (TPSA) is 56.8 Å². The zero-order chi connectivity index (χ0) is 17.5. The Morgan fingerprint density at radius 3 is 2.17 bits per heavy atom. The average molecular weight is 329 g/mol. The Balaban J connectivity index is 1.98. The SMILES string of the molecule is COc1ccc(CCC(=O)Nc2cc(OC)c(OC)cc2C)cc1. The second kappa shape index (κ2) is 8.24. The van der Waals surface area contributed by atoms with Crippen LogP contribution < -0.4 is 19.5 Å². The molecule has 1 amide bonds. The molecule has 2 aromatic rings. The number of aryl methyl sites for hydroxylation is 2. The van der Waals surface area contributed by atoms with Crippen LogP contribution in [-0.4, -0.2) is 27.2 Å². The fourth-order valence-corrected chi connectivity index (χ4v) is 2.38. The molecule has 0 spiro atoms. The molecular weight excluding hydrogens is 306 g/mol. The zero-order valence-corrected chi connectivity index (χ0v) is 14.5. The van der Waals surface area contributed by atoms with E-state index >= 15 is 0 Å². The normalized spacial score (nSPS) is 10.2. The van der Waals surface area contributed by atoms with Crippen LogP contribution in [0.5, 0.6) is 17.2 Å². The third-order valence-corrected chi connectivity index (χ3v) is 3.80. The maximum atomic E-state index is 12.2. The highest BCUT2D eigenvalue weighted by molar-refractivity contribution is 5.92. The third-order valence-electron chi connectivity index (χ3n) is 3.80. The van der Waals surface area contributed by atoms with Crippen LogP contribution in [0.2, 0.25) is 0 Å². The Morgan fingerprint density at radius 2 is 1.58 bits per heavy atom. The lowest BCUT2D eigenvalue weighted by molar-refractivity contribution is -0.116. The molecule has 0 fully saturated rings. The number of nitrogens with one attached hydrogen (secondary N) is 1. The van der Waals surface area contributed by atoms with Gasteiger partial charge in [0, 0.05) is 18.2 Å². The van der Waals surface area contributed by atoms with Gasteiger partial charge in [-0.1, -0.05) is 12.1 Å². The van der Waals surface area contributed by atoms with Crippen LogP contribution in [0.25, 0.3) is 0 Å². The Kier molecular flexibility index (Phi) is 6.07. The number of hydrogen-bond donors (Lipinski definition) is 1. The zero-order valence-electron chi connectivity index (χ0n) is 14.5. The summed E-state index contributed by atoms with van der Waals surface area (Å²) in [5, 5.41) is 2.93. The van der Waals surface area contributed by atoms with Crippen molar-refractivity contribution in [2.75, 3.05) is 26.6 Å². The maximum Gasteiger partial charge on any atom is 0.224 e. The summed E-state index contributed by atoms with van der Waals surface area (Å²) in [6.45, 7) is 1.92. The first-order valence-electron chi connectivity index (χ1n) is 7.72. The predicted octanol–water partition coefficient (Wildman–Crippen LogP) is 3.59. The van der Waals surface area contributed by atoms with Gasteiger partial charge in [-0.2, -0.15) is 0 Å². The second-order valence-corrected chi connectivity index (χ2v) is 5.42. The molecular formula is C19H23NO4. The molecule has 1 N–H and O–H groups in total. The highest BCUT2D eigenvalue weighted by atomic mass is 16.5. The van der Waals surface area contributed by atoms with Gasteiger partial charge >= 0.3 is 0 Å². The van der Waals surface area contributed by atoms with Crippen molar-refractivity contribution in [2.45, 2.75) is 19.8 Å². The molecule has 5 heteroatoms. The molecule has 0 radical (unpaired) electrons. The number of carbonyl (C=O) groups is 1. The molecule has 24 heavy (non-hydrogen) atoms. The van der Waals surface area contributed by atoms with E-state index in [0.717, 1.165) is 22.6 Å². The van der Waals surface area contributed by atoms with E-state index in [0.29, 0.717) is 24.3 Å². The Labute approximate surface area is 142 Å². The molecule has 0 aliphatic rings. The Bertz CT molecular complexity index is 695. The third kappa shape index (κ3) is 4.41. The lowest BCUT2D eigenvalue weighted by Gasteiger charge is -2.13. The molecule has 0 unspecified atom stereocenters. The number of ether oxygens (including phenoxy) is 3. The van der Waals surface area contributed by atoms with E-state index in [1.165, 1.54) is 0 Å². The van der Waals surface area contributed by atoms with E-state index in [9.17, 15) is 4.79 Å². The van der Waals surface area contributed by atoms with Gasteiger partial charge in [0.2, 0.25) is 5.91 Å². The molecule has 2 rings (SSSR count). The molecule has 0 aliphatic heterocycles. The molecule has 0 aliphatic carbocycles. The van der Waals surface area contributed by atoms with E-state index in [4.69, 9.17) is 14.2 Å². The minimum absolute atomic E-state index is 0.0406. The molecule has 0 saturated carbocycles. The van der Waals surface area contributed by atoms with Crippen LogP contribution in [0, 0.1) is 6.92 Å². The quantitative estimate of drug-likeness (QED) is 0.843. The first kappa shape index (κ1) is 17.7. The molecule has 0 aromatic heterocycles. The van der Waals surface area contributed by atoms with E-state index in [1.807, 2.05) is 37.3 Å². The van der Waals surface area contributed by atoms with Gasteiger partial charge in [0.25, 0.3) is 0 Å². The Morgan fingerprint density at radius 1 is 0.958 bits per heavy atom. The van der Waals surface area contributed by atoms with Gasteiger partial charge in [-0.25, -0.2) is 0 Å². The first-order valence-corrected chi connectivity index (χ1v) is 7.72. The van der Waals surface area contributed by atoms with Crippen LogP contribution in [0.4, 0.5) is 5.69 Å². The van der Waals surface area contributed by atoms with Crippen LogP contribution in [0.1, 0.15) is 17.5 Å². The van der Waals surface area contributed by atoms with Gasteiger partial charge in [0.1, 0.15) is 5.75 Å². The Hall–Kier alpha value is -2.69. The van der Waals surface area contributed by atoms with E-state index in [1.54, 1.807) is 27.4 Å². The molecule has 2 aromatic carbocycles. The average Bonchev–Trinajstić information content (AvgIpc) is 2.61. The number of methoxy groups -OCH3 is 3. The molecule has 5 nitrogen and oxygen atoms in total. The van der Waals surface area contributed by atoms with Crippen molar-refractivity contribution < 1.29 is 19.0 Å². The number of amides is 1. The largest absolute Gasteiger partial charge is 0.497 e. The van der Waals surface area contributed by atoms with Gasteiger partial charge in [-0.05, 0) is 42.7 Å². The fourth-order valence-electron chi connectivity index (χ4n) is 2.38. The predicted molar refractivity (Wildman–Crippen MR) is 94.2 cm³/mol. The summed E-state index contributed by atoms with van der Waals surface area (Å²) in [5.41, 5.74) is 2.74. The summed E-state index contributed by atoms with van der Waals surface area (Å²) >= 11 is 0. The minimum Gasteiger partial charge on any atom is -0.497 e. The van der Waals surface area contributed by atoms with E-state index in [-0.39, 0.29) is 5.91 Å². The van der Waals surface area contributed by atoms with Gasteiger partial charge in [-0.15, -0.1) is 0 Å². The monoisotopic (exact) mass is 329 g/mol. The highest BCUT2D eigenvalue weighted by Gasteiger charge is 2.11. The van der Waals surface area contributed by atoms with Crippen molar-refractivity contribution in [1.82, 2.24) is 0 Å². The first-order chi connectivity index (χ1) is 11.6. The summed E-state index contributed by atoms with van der Waals surface area (Å²) < 4.78 is 15.7. The van der Waals surface area contributed by atoms with Crippen LogP contribution >= 0.6 is 0 Å². The van der Waals surface area contributed by atoms with Crippen LogP contribution in [0.15, 0.2) is 36.4 Å². The fraction of sp³-hybridized carbons (Fsp3) is 0.316. The van der Waals surface area contributed by atoms with Gasteiger partial charge in [0.15, 0.2) is 11.5 Å². The summed E-state index contributed by atoms with van der Waals surface area (Å²) in [4.78, 5) is 12.2. The number of carbonyl (C=O) groups excluding carboxylic acids is 1. The van der Waals surface area contributed by atoms with Crippen molar-refractivity contribution in [3.63, 3.8) is 0 Å². The number of hydrogen-bond acceptors (Lipinski definition) is 4. The lowest BCUT2D eigenvalue weighted by atomic mass is 10.1. The van der Waals surface area contributed by atoms with Crippen molar-refractivity contribution in [3.8, 4) is 17.2 Å². The van der Waals surface area contributed by atoms with Crippen LogP contribution in [-0.2, 0) is 11.2 Å². The molecule has 0 atom stereocenters. The van der Waals surface area contributed by atoms with Gasteiger partial charge in [0.05, 0.1) is 21.3 Å². The lowest BCUT2D eigenvalue weighted by Crippen LogP contribution is -2.13. The number of anilines is 1. The smallest absolute Gasteiger partial charge is 0.224 e. The second-order valence-electron chi connectivity index (χ2n) is 5.42. The van der Waals surface area contributed by atoms with Crippen molar-refractivity contribution in [1.29, 1.82) is 0 Å². The summed E-state index contributed by atoms with van der Waals surface area (Å²) in [5.74, 6) is 2.00. The molecule has 0 bridgehead atoms. The summed E-state index contributed by atoms with van der Waals surface area (Å²) in [6.07, 6.45) is 1.07. The van der Waals surface area contributed by atoms with Crippen molar-refractivity contribution in [2.24, 2.45) is 0 Å². The van der Waals surface area contributed by atoms with Crippen molar-refractivity contribution in [3.05, 3.63) is 47.5 Å². The van der Waals surface area contributed by atoms with Crippen LogP contribution in [0.3, 0.4) is 0 Å². The van der Waals surface area contributed by atoms with E-state index < -0.39 is 0 Å². The van der Waals surface area contributed by atoms with Gasteiger partial charge < -0.3 is 19.5 Å². The molecule has 128 valence electrons. The standard InChI is InChI=1S/C19H23NO4/c1-13-11-17(23-3)18(24-4)12-16(13)20-19(21)10-7-14-5-8-15(22-2)9-6-14/h5-6,8-9,11-12H,7,10H2,1-4H3,(H,20,21). The van der Waals surface area contributed by atoms with Crippen molar-refractivity contribution >= 4 is 11.6 Å². The number of rotatable bonds is 7. The highest BCUT2D eigenvalue weighted by Crippen LogP contribution is 2.32. The minimum atomic E-state index is -0.0406. The molecule has 0 saturated heterocycles. The van der Waals surface area contributed by atoms with E-state index in [2.05, 4.69) is 5.32 Å². The van der Waals surface area contributed by atoms with Gasteiger partial charge in [-0.3, -0.25) is 4.79 Å².